The molecule has 2 heterocycles. The van der Waals surface area contributed by atoms with E-state index in [0.717, 1.165) is 30.9 Å². The van der Waals surface area contributed by atoms with Crippen molar-refractivity contribution in [2.45, 2.75) is 32.0 Å². The molecule has 0 saturated carbocycles. The van der Waals surface area contributed by atoms with E-state index in [4.69, 9.17) is 25.8 Å². The number of ether oxygens (including phenoxy) is 3. The van der Waals surface area contributed by atoms with Gasteiger partial charge in [-0.1, -0.05) is 11.6 Å². The number of halogens is 1. The third kappa shape index (κ3) is 2.28. The summed E-state index contributed by atoms with van der Waals surface area (Å²) >= 11 is 6.14. The molecule has 18 heavy (non-hydrogen) atoms. The van der Waals surface area contributed by atoms with Crippen molar-refractivity contribution in [2.75, 3.05) is 13.4 Å². The van der Waals surface area contributed by atoms with Crippen molar-refractivity contribution in [2.24, 2.45) is 0 Å². The minimum atomic E-state index is 0.249. The van der Waals surface area contributed by atoms with Crippen LogP contribution in [0.5, 0.6) is 11.5 Å². The van der Waals surface area contributed by atoms with E-state index >= 15 is 0 Å². The normalized spacial score (nSPS) is 25.7. The summed E-state index contributed by atoms with van der Waals surface area (Å²) in [5.41, 5.74) is 1.10. The molecule has 0 bridgehead atoms. The highest BCUT2D eigenvalue weighted by atomic mass is 35.5. The van der Waals surface area contributed by atoms with E-state index in [1.807, 2.05) is 12.1 Å². The molecule has 2 aliphatic heterocycles. The maximum absolute atomic E-state index is 6.14. The van der Waals surface area contributed by atoms with E-state index in [1.165, 1.54) is 0 Å². The lowest BCUT2D eigenvalue weighted by Gasteiger charge is -2.16. The smallest absolute Gasteiger partial charge is 0.231 e. The first kappa shape index (κ1) is 12.1. The van der Waals surface area contributed by atoms with Crippen molar-refractivity contribution in [3.05, 3.63) is 22.7 Å². The number of hydrogen-bond acceptors (Lipinski definition) is 4. The third-order valence-corrected chi connectivity index (χ3v) is 3.71. The molecule has 2 unspecified atom stereocenters. The Morgan fingerprint density at radius 2 is 2.28 bits per heavy atom. The zero-order valence-corrected chi connectivity index (χ0v) is 11.0. The number of rotatable bonds is 3. The standard InChI is InChI=1S/C13H16ClNO3/c1-8-11(2-3-16-8)15-6-9-4-10(14)13-12(5-9)17-7-18-13/h4-5,8,11,15H,2-3,6-7H2,1H3. The minimum Gasteiger partial charge on any atom is -0.454 e. The van der Waals surface area contributed by atoms with Gasteiger partial charge in [0.15, 0.2) is 11.5 Å². The van der Waals surface area contributed by atoms with E-state index < -0.39 is 0 Å². The average molecular weight is 270 g/mol. The summed E-state index contributed by atoms with van der Waals surface area (Å²) in [6.45, 7) is 3.94. The molecule has 1 fully saturated rings. The second-order valence-electron chi connectivity index (χ2n) is 4.66. The monoisotopic (exact) mass is 269 g/mol. The first-order valence-corrected chi connectivity index (χ1v) is 6.55. The Morgan fingerprint density at radius 1 is 1.39 bits per heavy atom. The lowest BCUT2D eigenvalue weighted by atomic mass is 10.1. The molecule has 2 aliphatic rings. The van der Waals surface area contributed by atoms with Crippen LogP contribution in [0, 0.1) is 0 Å². The molecule has 1 saturated heterocycles. The van der Waals surface area contributed by atoms with Gasteiger partial charge in [0, 0.05) is 19.2 Å². The molecule has 1 N–H and O–H groups in total. The molecule has 0 spiro atoms. The fraction of sp³-hybridized carbons (Fsp3) is 0.538. The van der Waals surface area contributed by atoms with Gasteiger partial charge in [-0.15, -0.1) is 0 Å². The lowest BCUT2D eigenvalue weighted by molar-refractivity contribution is 0.113. The molecule has 1 aromatic carbocycles. The van der Waals surface area contributed by atoms with Gasteiger partial charge in [0.25, 0.3) is 0 Å². The highest BCUT2D eigenvalue weighted by molar-refractivity contribution is 6.32. The molecule has 0 aromatic heterocycles. The van der Waals surface area contributed by atoms with Crippen molar-refractivity contribution in [3.8, 4) is 11.5 Å². The fourth-order valence-electron chi connectivity index (χ4n) is 2.37. The minimum absolute atomic E-state index is 0.249. The first-order chi connectivity index (χ1) is 8.74. The fourth-order valence-corrected chi connectivity index (χ4v) is 2.66. The Balaban J connectivity index is 1.68. The van der Waals surface area contributed by atoms with Crippen LogP contribution >= 0.6 is 11.6 Å². The van der Waals surface area contributed by atoms with Crippen LogP contribution in [0.1, 0.15) is 18.9 Å². The van der Waals surface area contributed by atoms with Gasteiger partial charge in [-0.2, -0.15) is 0 Å². The van der Waals surface area contributed by atoms with Gasteiger partial charge >= 0.3 is 0 Å². The molecule has 3 rings (SSSR count). The number of hydrogen-bond donors (Lipinski definition) is 1. The quantitative estimate of drug-likeness (QED) is 0.914. The number of benzene rings is 1. The molecule has 5 heteroatoms. The summed E-state index contributed by atoms with van der Waals surface area (Å²) in [5.74, 6) is 1.38. The van der Waals surface area contributed by atoms with Crippen LogP contribution in [0.4, 0.5) is 0 Å². The van der Waals surface area contributed by atoms with Gasteiger partial charge in [-0.05, 0) is 31.0 Å². The van der Waals surface area contributed by atoms with Gasteiger partial charge in [0.1, 0.15) is 0 Å². The Morgan fingerprint density at radius 3 is 3.06 bits per heavy atom. The Bertz CT molecular complexity index is 452. The van der Waals surface area contributed by atoms with Crippen molar-refractivity contribution in [1.29, 1.82) is 0 Å². The Labute approximate surface area is 111 Å². The molecule has 0 radical (unpaired) electrons. The second kappa shape index (κ2) is 4.96. The van der Waals surface area contributed by atoms with Gasteiger partial charge in [-0.25, -0.2) is 0 Å². The van der Waals surface area contributed by atoms with Gasteiger partial charge < -0.3 is 19.5 Å². The molecule has 2 atom stereocenters. The molecule has 1 aromatic rings. The first-order valence-electron chi connectivity index (χ1n) is 6.17. The molecule has 0 amide bonds. The van der Waals surface area contributed by atoms with Crippen LogP contribution < -0.4 is 14.8 Å². The predicted octanol–water partition coefficient (Wildman–Crippen LogP) is 2.34. The Kier molecular flexibility index (Phi) is 3.33. The second-order valence-corrected chi connectivity index (χ2v) is 5.07. The van der Waals surface area contributed by atoms with Crippen LogP contribution in [0.25, 0.3) is 0 Å². The van der Waals surface area contributed by atoms with E-state index in [9.17, 15) is 0 Å². The number of fused-ring (bicyclic) bond motifs is 1. The summed E-state index contributed by atoms with van der Waals surface area (Å²) in [6, 6.07) is 4.30. The zero-order chi connectivity index (χ0) is 12.5. The lowest BCUT2D eigenvalue weighted by Crippen LogP contribution is -2.34. The van der Waals surface area contributed by atoms with Gasteiger partial charge in [-0.3, -0.25) is 0 Å². The molecule has 98 valence electrons. The van der Waals surface area contributed by atoms with Crippen molar-refractivity contribution in [3.63, 3.8) is 0 Å². The predicted molar refractivity (Wildman–Crippen MR) is 68.2 cm³/mol. The van der Waals surface area contributed by atoms with Crippen molar-refractivity contribution >= 4 is 11.6 Å². The number of nitrogens with one attached hydrogen (secondary N) is 1. The van der Waals surface area contributed by atoms with Crippen LogP contribution in [-0.2, 0) is 11.3 Å². The maximum Gasteiger partial charge on any atom is 0.231 e. The zero-order valence-electron chi connectivity index (χ0n) is 10.2. The van der Waals surface area contributed by atoms with Crippen molar-refractivity contribution < 1.29 is 14.2 Å². The maximum atomic E-state index is 6.14. The molecule has 0 aliphatic carbocycles. The largest absolute Gasteiger partial charge is 0.454 e. The third-order valence-electron chi connectivity index (χ3n) is 3.43. The summed E-state index contributed by atoms with van der Waals surface area (Å²) in [4.78, 5) is 0. The van der Waals surface area contributed by atoms with E-state index in [2.05, 4.69) is 12.2 Å². The molecule has 4 nitrogen and oxygen atoms in total. The van der Waals surface area contributed by atoms with E-state index in [0.29, 0.717) is 16.8 Å². The van der Waals surface area contributed by atoms with Crippen LogP contribution in [-0.4, -0.2) is 25.5 Å². The molecular formula is C13H16ClNO3. The SMILES string of the molecule is CC1OCCC1NCc1cc(Cl)c2c(c1)OCO2. The molecular weight excluding hydrogens is 254 g/mol. The van der Waals surface area contributed by atoms with Crippen molar-refractivity contribution in [1.82, 2.24) is 5.32 Å². The van der Waals surface area contributed by atoms with E-state index in [1.54, 1.807) is 0 Å². The van der Waals surface area contributed by atoms with Crippen LogP contribution in [0.15, 0.2) is 12.1 Å². The highest BCUT2D eigenvalue weighted by Crippen LogP contribution is 2.39. The highest BCUT2D eigenvalue weighted by Gasteiger charge is 2.24. The topological polar surface area (TPSA) is 39.7 Å². The summed E-state index contributed by atoms with van der Waals surface area (Å²) in [5, 5.41) is 4.09. The van der Waals surface area contributed by atoms with Gasteiger partial charge in [0.05, 0.1) is 11.1 Å². The van der Waals surface area contributed by atoms with Crippen LogP contribution in [0.3, 0.4) is 0 Å². The average Bonchev–Trinajstić information content (AvgIpc) is 2.95. The van der Waals surface area contributed by atoms with Crippen LogP contribution in [0.2, 0.25) is 5.02 Å². The summed E-state index contributed by atoms with van der Waals surface area (Å²) < 4.78 is 16.2. The Hall–Kier alpha value is -0.970. The van der Waals surface area contributed by atoms with E-state index in [-0.39, 0.29) is 12.9 Å². The summed E-state index contributed by atoms with van der Waals surface area (Å²) in [6.07, 6.45) is 1.33. The van der Waals surface area contributed by atoms with Gasteiger partial charge in [0.2, 0.25) is 6.79 Å². The summed E-state index contributed by atoms with van der Waals surface area (Å²) in [7, 11) is 0.